The molecule has 0 aromatic carbocycles. The van der Waals surface area contributed by atoms with Crippen molar-refractivity contribution in [3.05, 3.63) is 35.7 Å². The summed E-state index contributed by atoms with van der Waals surface area (Å²) in [7, 11) is 1.96. The van der Waals surface area contributed by atoms with E-state index in [2.05, 4.69) is 57.2 Å². The zero-order chi connectivity index (χ0) is 21.1. The highest BCUT2D eigenvalue weighted by Gasteiger charge is 2.16. The minimum atomic E-state index is 0.680. The average molecular weight is 408 g/mol. The van der Waals surface area contributed by atoms with Gasteiger partial charge in [0.05, 0.1) is 17.6 Å². The number of aromatic nitrogens is 4. The van der Waals surface area contributed by atoms with Crippen molar-refractivity contribution in [1.82, 2.24) is 19.7 Å². The summed E-state index contributed by atoms with van der Waals surface area (Å²) < 4.78 is 1.87. The molecule has 3 aromatic rings. The highest BCUT2D eigenvalue weighted by Crippen LogP contribution is 2.26. The molecule has 0 bridgehead atoms. The highest BCUT2D eigenvalue weighted by atomic mass is 15.3. The topological polar surface area (TPSA) is 62.1 Å². The molecule has 0 radical (unpaired) electrons. The van der Waals surface area contributed by atoms with Gasteiger partial charge in [-0.3, -0.25) is 4.68 Å². The SMILES string of the molecule is CCN(CC)c1nc2c(cc1CNc1ccc(N3CCCCC3)cn1)c(C)nn2C. The van der Waals surface area contributed by atoms with Crippen molar-refractivity contribution in [3.63, 3.8) is 0 Å². The Labute approximate surface area is 179 Å². The Morgan fingerprint density at radius 3 is 2.53 bits per heavy atom. The van der Waals surface area contributed by atoms with Crippen LogP contribution < -0.4 is 15.1 Å². The zero-order valence-electron chi connectivity index (χ0n) is 18.6. The fourth-order valence-electron chi connectivity index (χ4n) is 4.32. The van der Waals surface area contributed by atoms with E-state index in [1.807, 2.05) is 24.9 Å². The summed E-state index contributed by atoms with van der Waals surface area (Å²) in [4.78, 5) is 14.4. The number of rotatable bonds is 7. The van der Waals surface area contributed by atoms with Crippen LogP contribution in [-0.4, -0.2) is 45.9 Å². The van der Waals surface area contributed by atoms with E-state index < -0.39 is 0 Å². The van der Waals surface area contributed by atoms with Gasteiger partial charge in [-0.15, -0.1) is 0 Å². The van der Waals surface area contributed by atoms with Gasteiger partial charge in [-0.2, -0.15) is 5.10 Å². The van der Waals surface area contributed by atoms with Gasteiger partial charge in [0.15, 0.2) is 5.65 Å². The molecule has 0 saturated carbocycles. The minimum Gasteiger partial charge on any atom is -0.370 e. The molecule has 4 rings (SSSR count). The quantitative estimate of drug-likeness (QED) is 0.636. The van der Waals surface area contributed by atoms with Crippen molar-refractivity contribution in [3.8, 4) is 0 Å². The van der Waals surface area contributed by atoms with Gasteiger partial charge in [0.1, 0.15) is 11.6 Å². The van der Waals surface area contributed by atoms with Gasteiger partial charge >= 0.3 is 0 Å². The van der Waals surface area contributed by atoms with Crippen LogP contribution in [0.15, 0.2) is 24.4 Å². The van der Waals surface area contributed by atoms with Gasteiger partial charge in [0, 0.05) is 50.7 Å². The molecule has 7 heteroatoms. The third kappa shape index (κ3) is 4.06. The highest BCUT2D eigenvalue weighted by molar-refractivity contribution is 5.81. The van der Waals surface area contributed by atoms with E-state index in [9.17, 15) is 0 Å². The number of hydrogen-bond donors (Lipinski definition) is 1. The predicted molar refractivity (Wildman–Crippen MR) is 124 cm³/mol. The van der Waals surface area contributed by atoms with Crippen molar-refractivity contribution in [1.29, 1.82) is 0 Å². The first-order valence-electron chi connectivity index (χ1n) is 11.1. The van der Waals surface area contributed by atoms with Crippen LogP contribution in [-0.2, 0) is 13.6 Å². The fraction of sp³-hybridized carbons (Fsp3) is 0.522. The summed E-state index contributed by atoms with van der Waals surface area (Å²) in [6.07, 6.45) is 5.88. The summed E-state index contributed by atoms with van der Waals surface area (Å²) in [5.74, 6) is 1.91. The number of hydrogen-bond acceptors (Lipinski definition) is 6. The largest absolute Gasteiger partial charge is 0.370 e. The maximum atomic E-state index is 4.98. The van der Waals surface area contributed by atoms with Crippen LogP contribution in [0.5, 0.6) is 0 Å². The average Bonchev–Trinajstić information content (AvgIpc) is 3.06. The molecule has 1 saturated heterocycles. The van der Waals surface area contributed by atoms with Crippen molar-refractivity contribution in [2.24, 2.45) is 7.05 Å². The molecule has 1 aliphatic rings. The third-order valence-electron chi connectivity index (χ3n) is 6.05. The number of nitrogens with one attached hydrogen (secondary N) is 1. The maximum absolute atomic E-state index is 4.98. The molecule has 4 heterocycles. The summed E-state index contributed by atoms with van der Waals surface area (Å²) in [5, 5.41) is 9.17. The van der Waals surface area contributed by atoms with Crippen LogP contribution in [0.2, 0.25) is 0 Å². The molecular weight excluding hydrogens is 374 g/mol. The van der Waals surface area contributed by atoms with Crippen molar-refractivity contribution >= 4 is 28.4 Å². The summed E-state index contributed by atoms with van der Waals surface area (Å²) >= 11 is 0. The molecule has 1 N–H and O–H groups in total. The van der Waals surface area contributed by atoms with E-state index >= 15 is 0 Å². The first-order valence-corrected chi connectivity index (χ1v) is 11.1. The van der Waals surface area contributed by atoms with E-state index in [4.69, 9.17) is 4.98 Å². The summed E-state index contributed by atoms with van der Waals surface area (Å²) in [6.45, 7) is 11.2. The number of anilines is 3. The van der Waals surface area contributed by atoms with Crippen LogP contribution in [0.4, 0.5) is 17.3 Å². The van der Waals surface area contributed by atoms with Crippen LogP contribution in [0.1, 0.15) is 44.4 Å². The number of nitrogens with zero attached hydrogens (tertiary/aromatic N) is 6. The van der Waals surface area contributed by atoms with Gasteiger partial charge < -0.3 is 15.1 Å². The Morgan fingerprint density at radius 1 is 1.10 bits per heavy atom. The van der Waals surface area contributed by atoms with Crippen molar-refractivity contribution in [2.75, 3.05) is 41.3 Å². The molecule has 160 valence electrons. The first kappa shape index (κ1) is 20.4. The number of aryl methyl sites for hydroxylation is 2. The molecule has 7 nitrogen and oxygen atoms in total. The molecular formula is C23H33N7. The lowest BCUT2D eigenvalue weighted by molar-refractivity contribution is 0.577. The standard InChI is InChI=1S/C23H33N7/c1-5-29(6-2)22-18(14-20-17(3)27-28(4)23(20)26-22)15-24-21-11-10-19(16-25-21)30-12-8-7-9-13-30/h10-11,14,16H,5-9,12-13,15H2,1-4H3,(H,24,25). The van der Waals surface area contributed by atoms with Gasteiger partial charge in [-0.1, -0.05) is 0 Å². The lowest BCUT2D eigenvalue weighted by Gasteiger charge is -2.28. The second kappa shape index (κ2) is 8.90. The molecule has 1 fully saturated rings. The molecule has 0 spiro atoms. The van der Waals surface area contributed by atoms with Gasteiger partial charge in [-0.05, 0) is 58.2 Å². The molecule has 0 atom stereocenters. The van der Waals surface area contributed by atoms with Crippen LogP contribution in [0.25, 0.3) is 11.0 Å². The Hall–Kier alpha value is -2.83. The van der Waals surface area contributed by atoms with Crippen LogP contribution in [0.3, 0.4) is 0 Å². The Bertz CT molecular complexity index is 983. The Morgan fingerprint density at radius 2 is 1.87 bits per heavy atom. The minimum absolute atomic E-state index is 0.680. The van der Waals surface area contributed by atoms with Gasteiger partial charge in [0.2, 0.25) is 0 Å². The molecule has 30 heavy (non-hydrogen) atoms. The normalized spacial score (nSPS) is 14.3. The van der Waals surface area contributed by atoms with E-state index in [1.165, 1.54) is 30.5 Å². The molecule has 0 aliphatic carbocycles. The second-order valence-electron chi connectivity index (χ2n) is 8.03. The zero-order valence-corrected chi connectivity index (χ0v) is 18.6. The molecule has 3 aromatic heterocycles. The third-order valence-corrected chi connectivity index (χ3v) is 6.05. The summed E-state index contributed by atoms with van der Waals surface area (Å²) in [6, 6.07) is 6.49. The summed E-state index contributed by atoms with van der Waals surface area (Å²) in [5.41, 5.74) is 4.33. The Kier molecular flexibility index (Phi) is 6.06. The number of pyridine rings is 2. The lowest BCUT2D eigenvalue weighted by atomic mass is 10.1. The van der Waals surface area contributed by atoms with E-state index in [0.717, 1.165) is 54.5 Å². The fourth-order valence-corrected chi connectivity index (χ4v) is 4.32. The van der Waals surface area contributed by atoms with Gasteiger partial charge in [-0.25, -0.2) is 9.97 Å². The predicted octanol–water partition coefficient (Wildman–Crippen LogP) is 4.12. The first-order chi connectivity index (χ1) is 14.6. The molecule has 1 aliphatic heterocycles. The van der Waals surface area contributed by atoms with Crippen molar-refractivity contribution < 1.29 is 0 Å². The van der Waals surface area contributed by atoms with Crippen LogP contribution in [0, 0.1) is 6.92 Å². The molecule has 0 unspecified atom stereocenters. The van der Waals surface area contributed by atoms with E-state index in [-0.39, 0.29) is 0 Å². The van der Waals surface area contributed by atoms with Crippen molar-refractivity contribution in [2.45, 2.75) is 46.6 Å². The van der Waals surface area contributed by atoms with Gasteiger partial charge in [0.25, 0.3) is 0 Å². The van der Waals surface area contributed by atoms with Crippen LogP contribution >= 0.6 is 0 Å². The maximum Gasteiger partial charge on any atom is 0.160 e. The second-order valence-corrected chi connectivity index (χ2v) is 8.03. The molecule has 0 amide bonds. The monoisotopic (exact) mass is 407 g/mol. The van der Waals surface area contributed by atoms with E-state index in [0.29, 0.717) is 6.54 Å². The number of fused-ring (bicyclic) bond motifs is 1. The smallest absolute Gasteiger partial charge is 0.160 e. The lowest BCUT2D eigenvalue weighted by Crippen LogP contribution is -2.29. The Balaban J connectivity index is 1.56. The van der Waals surface area contributed by atoms with E-state index in [1.54, 1.807) is 0 Å². The number of piperidine rings is 1.